The second-order valence-electron chi connectivity index (χ2n) is 4.40. The molecular formula is C16H16ClFO2S. The predicted molar refractivity (Wildman–Crippen MR) is 84.2 cm³/mol. The molecule has 2 aromatic carbocycles. The maximum absolute atomic E-state index is 13.7. The quantitative estimate of drug-likeness (QED) is 0.546. The molecular weight excluding hydrogens is 311 g/mol. The molecule has 0 unspecified atom stereocenters. The van der Waals surface area contributed by atoms with E-state index in [9.17, 15) is 4.39 Å². The highest BCUT2D eigenvalue weighted by atomic mass is 35.5. The monoisotopic (exact) mass is 326 g/mol. The third-order valence-electron chi connectivity index (χ3n) is 2.99. The molecule has 0 saturated carbocycles. The Balaban J connectivity index is 2.00. The molecule has 5 heteroatoms. The Morgan fingerprint density at radius 1 is 1.10 bits per heavy atom. The van der Waals surface area contributed by atoms with Gasteiger partial charge in [0.2, 0.25) is 0 Å². The first-order chi connectivity index (χ1) is 10.1. The summed E-state index contributed by atoms with van der Waals surface area (Å²) in [4.78, 5) is 1.05. The zero-order chi connectivity index (χ0) is 15.2. The van der Waals surface area contributed by atoms with Crippen LogP contribution in [0.4, 0.5) is 4.39 Å². The Morgan fingerprint density at radius 2 is 1.76 bits per heavy atom. The normalized spacial score (nSPS) is 11.1. The van der Waals surface area contributed by atoms with E-state index < -0.39 is 0 Å². The SMILES string of the molecule is COC(OC)c1ccc(SCc2ccc(Cl)cc2F)cc1. The van der Waals surface area contributed by atoms with E-state index in [-0.39, 0.29) is 12.1 Å². The van der Waals surface area contributed by atoms with Gasteiger partial charge in [0, 0.05) is 35.5 Å². The standard InChI is InChI=1S/C16H16ClFO2S/c1-19-16(20-2)11-4-7-14(8-5-11)21-10-12-3-6-13(17)9-15(12)18/h3-9,16H,10H2,1-2H3. The van der Waals surface area contributed by atoms with Crippen LogP contribution in [0.1, 0.15) is 17.4 Å². The molecule has 0 heterocycles. The Kier molecular flexibility index (Phi) is 6.06. The second kappa shape index (κ2) is 7.80. The fourth-order valence-electron chi connectivity index (χ4n) is 1.89. The van der Waals surface area contributed by atoms with Crippen LogP contribution in [0.25, 0.3) is 0 Å². The van der Waals surface area contributed by atoms with Gasteiger partial charge in [0.05, 0.1) is 0 Å². The van der Waals surface area contributed by atoms with E-state index in [0.717, 1.165) is 10.5 Å². The molecule has 0 atom stereocenters. The lowest BCUT2D eigenvalue weighted by molar-refractivity contribution is -0.106. The lowest BCUT2D eigenvalue weighted by Gasteiger charge is -2.13. The van der Waals surface area contributed by atoms with Gasteiger partial charge in [-0.25, -0.2) is 4.39 Å². The van der Waals surface area contributed by atoms with Crippen molar-refractivity contribution in [2.24, 2.45) is 0 Å². The molecule has 0 amide bonds. The van der Waals surface area contributed by atoms with Crippen molar-refractivity contribution in [1.29, 1.82) is 0 Å². The van der Waals surface area contributed by atoms with E-state index in [2.05, 4.69) is 0 Å². The average molecular weight is 327 g/mol. The maximum Gasteiger partial charge on any atom is 0.183 e. The summed E-state index contributed by atoms with van der Waals surface area (Å²) in [6.07, 6.45) is -0.363. The minimum Gasteiger partial charge on any atom is -0.352 e. The molecule has 0 radical (unpaired) electrons. The van der Waals surface area contributed by atoms with Gasteiger partial charge in [-0.1, -0.05) is 29.8 Å². The number of halogens is 2. The first kappa shape index (κ1) is 16.3. The molecule has 21 heavy (non-hydrogen) atoms. The van der Waals surface area contributed by atoms with Crippen molar-refractivity contribution in [1.82, 2.24) is 0 Å². The molecule has 112 valence electrons. The van der Waals surface area contributed by atoms with Gasteiger partial charge in [-0.2, -0.15) is 0 Å². The summed E-state index contributed by atoms with van der Waals surface area (Å²) in [7, 11) is 3.19. The first-order valence-corrected chi connectivity index (χ1v) is 7.72. The highest BCUT2D eigenvalue weighted by molar-refractivity contribution is 7.98. The molecule has 0 bridgehead atoms. The first-order valence-electron chi connectivity index (χ1n) is 6.36. The van der Waals surface area contributed by atoms with Crippen LogP contribution in [-0.2, 0) is 15.2 Å². The number of rotatable bonds is 6. The molecule has 0 aliphatic carbocycles. The molecule has 0 fully saturated rings. The van der Waals surface area contributed by atoms with Gasteiger partial charge in [-0.3, -0.25) is 0 Å². The lowest BCUT2D eigenvalue weighted by atomic mass is 10.2. The summed E-state index contributed by atoms with van der Waals surface area (Å²) in [5.41, 5.74) is 1.59. The van der Waals surface area contributed by atoms with Gasteiger partial charge in [0.25, 0.3) is 0 Å². The van der Waals surface area contributed by atoms with Crippen LogP contribution in [-0.4, -0.2) is 14.2 Å². The molecule has 0 aliphatic heterocycles. The maximum atomic E-state index is 13.7. The average Bonchev–Trinajstić information content (AvgIpc) is 2.49. The smallest absolute Gasteiger partial charge is 0.183 e. The van der Waals surface area contributed by atoms with Crippen LogP contribution in [0.3, 0.4) is 0 Å². The molecule has 0 N–H and O–H groups in total. The summed E-state index contributed by atoms with van der Waals surface area (Å²) in [5.74, 6) is 0.283. The van der Waals surface area contributed by atoms with Crippen LogP contribution in [0.5, 0.6) is 0 Å². The van der Waals surface area contributed by atoms with Crippen molar-refractivity contribution in [2.45, 2.75) is 16.9 Å². The van der Waals surface area contributed by atoms with Crippen LogP contribution < -0.4 is 0 Å². The highest BCUT2D eigenvalue weighted by Gasteiger charge is 2.09. The minimum atomic E-state index is -0.363. The Hall–Kier alpha value is -1.07. The largest absolute Gasteiger partial charge is 0.352 e. The van der Waals surface area contributed by atoms with Crippen LogP contribution in [0.15, 0.2) is 47.4 Å². The summed E-state index contributed by atoms with van der Waals surface area (Å²) >= 11 is 7.30. The number of hydrogen-bond donors (Lipinski definition) is 0. The van der Waals surface area contributed by atoms with Gasteiger partial charge in [0.15, 0.2) is 6.29 Å². The Morgan fingerprint density at radius 3 is 2.33 bits per heavy atom. The van der Waals surface area contributed by atoms with E-state index in [1.807, 2.05) is 24.3 Å². The van der Waals surface area contributed by atoms with Crippen molar-refractivity contribution in [3.05, 3.63) is 64.4 Å². The number of thioether (sulfide) groups is 1. The molecule has 2 rings (SSSR count). The highest BCUT2D eigenvalue weighted by Crippen LogP contribution is 2.27. The fourth-order valence-corrected chi connectivity index (χ4v) is 2.93. The molecule has 0 saturated heterocycles. The van der Waals surface area contributed by atoms with Crippen molar-refractivity contribution in [3.8, 4) is 0 Å². The van der Waals surface area contributed by atoms with E-state index in [1.165, 1.54) is 6.07 Å². The summed E-state index contributed by atoms with van der Waals surface area (Å²) < 4.78 is 24.1. The molecule has 0 spiro atoms. The molecule has 2 aromatic rings. The topological polar surface area (TPSA) is 18.5 Å². The van der Waals surface area contributed by atoms with Crippen molar-refractivity contribution in [3.63, 3.8) is 0 Å². The van der Waals surface area contributed by atoms with E-state index >= 15 is 0 Å². The van der Waals surface area contributed by atoms with Gasteiger partial charge in [-0.05, 0) is 29.8 Å². The zero-order valence-corrected chi connectivity index (χ0v) is 13.4. The Labute approximate surface area is 133 Å². The van der Waals surface area contributed by atoms with Gasteiger partial charge < -0.3 is 9.47 Å². The zero-order valence-electron chi connectivity index (χ0n) is 11.8. The van der Waals surface area contributed by atoms with E-state index in [4.69, 9.17) is 21.1 Å². The molecule has 0 aliphatic rings. The number of ether oxygens (including phenoxy) is 2. The third kappa shape index (κ3) is 4.45. The Bertz CT molecular complexity index is 585. The molecule has 0 aromatic heterocycles. The van der Waals surface area contributed by atoms with Crippen molar-refractivity contribution in [2.75, 3.05) is 14.2 Å². The van der Waals surface area contributed by atoms with Crippen LogP contribution in [0, 0.1) is 5.82 Å². The summed E-state index contributed by atoms with van der Waals surface area (Å²) in [6, 6.07) is 12.6. The summed E-state index contributed by atoms with van der Waals surface area (Å²) in [6.45, 7) is 0. The second-order valence-corrected chi connectivity index (χ2v) is 5.88. The van der Waals surface area contributed by atoms with Gasteiger partial charge >= 0.3 is 0 Å². The fraction of sp³-hybridized carbons (Fsp3) is 0.250. The van der Waals surface area contributed by atoms with Crippen molar-refractivity contribution < 1.29 is 13.9 Å². The third-order valence-corrected chi connectivity index (χ3v) is 4.29. The predicted octanol–water partition coefficient (Wildman–Crippen LogP) is 5.06. The van der Waals surface area contributed by atoms with Crippen LogP contribution in [0.2, 0.25) is 5.02 Å². The van der Waals surface area contributed by atoms with E-state index in [0.29, 0.717) is 16.3 Å². The number of methoxy groups -OCH3 is 2. The number of hydrogen-bond acceptors (Lipinski definition) is 3. The van der Waals surface area contributed by atoms with Crippen LogP contribution >= 0.6 is 23.4 Å². The lowest BCUT2D eigenvalue weighted by Crippen LogP contribution is -2.02. The van der Waals surface area contributed by atoms with Crippen molar-refractivity contribution >= 4 is 23.4 Å². The van der Waals surface area contributed by atoms with E-state index in [1.54, 1.807) is 38.1 Å². The van der Waals surface area contributed by atoms with Gasteiger partial charge in [0.1, 0.15) is 5.82 Å². The summed E-state index contributed by atoms with van der Waals surface area (Å²) in [5, 5.41) is 0.413. The minimum absolute atomic E-state index is 0.273. The molecule has 2 nitrogen and oxygen atoms in total. The number of benzene rings is 2. The van der Waals surface area contributed by atoms with Gasteiger partial charge in [-0.15, -0.1) is 11.8 Å².